The van der Waals surface area contributed by atoms with Gasteiger partial charge < -0.3 is 4.74 Å². The fourth-order valence-electron chi connectivity index (χ4n) is 4.24. The Morgan fingerprint density at radius 2 is 1.93 bits per heavy atom. The van der Waals surface area contributed by atoms with Gasteiger partial charge in [-0.2, -0.15) is 18.4 Å². The molecule has 2 bridgehead atoms. The summed E-state index contributed by atoms with van der Waals surface area (Å²) in [5, 5.41) is 8.96. The van der Waals surface area contributed by atoms with Gasteiger partial charge in [0.15, 0.2) is 0 Å². The van der Waals surface area contributed by atoms with Gasteiger partial charge in [-0.1, -0.05) is 42.5 Å². The molecule has 30 heavy (non-hydrogen) atoms. The van der Waals surface area contributed by atoms with Gasteiger partial charge >= 0.3 is 12.3 Å². The molecule has 2 aromatic rings. The standard InChI is InChI=1S/C23H19F3N2O2/c24-23(25,26)21-10-16(13-27)6-9-20(21)17-11-18-7-8-19(12-17)28(18)22(29)30-14-15-4-2-1-3-5-15/h1-6,9-11,18-19H,7-8,12,14H2. The first-order valence-corrected chi connectivity index (χ1v) is 9.68. The number of hydrogen-bond acceptors (Lipinski definition) is 3. The van der Waals surface area contributed by atoms with Crippen LogP contribution in [0.2, 0.25) is 0 Å². The van der Waals surface area contributed by atoms with E-state index < -0.39 is 17.8 Å². The Kier molecular flexibility index (Phi) is 5.25. The molecule has 1 saturated heterocycles. The van der Waals surface area contributed by atoms with Gasteiger partial charge in [0.25, 0.3) is 0 Å². The van der Waals surface area contributed by atoms with Crippen molar-refractivity contribution in [2.75, 3.05) is 0 Å². The van der Waals surface area contributed by atoms with E-state index >= 15 is 0 Å². The van der Waals surface area contributed by atoms with Gasteiger partial charge in [-0.3, -0.25) is 4.90 Å². The first kappa shape index (κ1) is 20.0. The van der Waals surface area contributed by atoms with Gasteiger partial charge in [-0.05, 0) is 48.1 Å². The molecule has 2 heterocycles. The number of carbonyl (C=O) groups excluding carboxylic acids is 1. The van der Waals surface area contributed by atoms with Crippen molar-refractivity contribution >= 4 is 11.7 Å². The normalized spacial score (nSPS) is 20.5. The van der Waals surface area contributed by atoms with E-state index in [9.17, 15) is 18.0 Å². The molecule has 2 aromatic carbocycles. The van der Waals surface area contributed by atoms with E-state index in [0.29, 0.717) is 24.8 Å². The van der Waals surface area contributed by atoms with Crippen LogP contribution in [0.5, 0.6) is 0 Å². The number of carbonyl (C=O) groups is 1. The maximum atomic E-state index is 13.6. The molecule has 2 aliphatic heterocycles. The molecule has 154 valence electrons. The highest BCUT2D eigenvalue weighted by Crippen LogP contribution is 2.43. The quantitative estimate of drug-likeness (QED) is 0.666. The molecular formula is C23H19F3N2O2. The summed E-state index contributed by atoms with van der Waals surface area (Å²) >= 11 is 0. The molecule has 1 fully saturated rings. The number of nitrogens with zero attached hydrogens (tertiary/aromatic N) is 2. The first-order chi connectivity index (χ1) is 14.4. The molecule has 0 aromatic heterocycles. The average Bonchev–Trinajstić information content (AvgIpc) is 3.01. The number of ether oxygens (including phenoxy) is 1. The Bertz CT molecular complexity index is 1020. The third-order valence-electron chi connectivity index (χ3n) is 5.61. The minimum absolute atomic E-state index is 0.0310. The highest BCUT2D eigenvalue weighted by Gasteiger charge is 2.42. The second-order valence-electron chi connectivity index (χ2n) is 7.51. The summed E-state index contributed by atoms with van der Waals surface area (Å²) < 4.78 is 46.2. The van der Waals surface area contributed by atoms with Crippen LogP contribution in [0.1, 0.15) is 41.5 Å². The Labute approximate surface area is 172 Å². The minimum atomic E-state index is -4.56. The van der Waals surface area contributed by atoms with Gasteiger partial charge in [-0.25, -0.2) is 4.79 Å². The smallest absolute Gasteiger partial charge is 0.417 e. The van der Waals surface area contributed by atoms with Crippen molar-refractivity contribution in [1.82, 2.24) is 4.90 Å². The molecule has 0 aliphatic carbocycles. The highest BCUT2D eigenvalue weighted by molar-refractivity contribution is 5.76. The second-order valence-corrected chi connectivity index (χ2v) is 7.51. The summed E-state index contributed by atoms with van der Waals surface area (Å²) in [5.41, 5.74) is 0.671. The lowest BCUT2D eigenvalue weighted by Gasteiger charge is -2.33. The van der Waals surface area contributed by atoms with Crippen molar-refractivity contribution in [2.24, 2.45) is 0 Å². The van der Waals surface area contributed by atoms with Gasteiger partial charge in [-0.15, -0.1) is 0 Å². The number of amides is 1. The van der Waals surface area contributed by atoms with Crippen LogP contribution >= 0.6 is 0 Å². The maximum Gasteiger partial charge on any atom is 0.417 e. The number of nitriles is 1. The largest absolute Gasteiger partial charge is 0.445 e. The molecule has 0 N–H and O–H groups in total. The predicted molar refractivity (Wildman–Crippen MR) is 104 cm³/mol. The Balaban J connectivity index is 1.56. The van der Waals surface area contributed by atoms with Gasteiger partial charge in [0.05, 0.1) is 23.2 Å². The lowest BCUT2D eigenvalue weighted by atomic mass is 9.90. The SMILES string of the molecule is N#Cc1ccc(C2=CC3CCC(C2)N3C(=O)OCc2ccccc2)c(C(F)(F)F)c1. The zero-order valence-electron chi connectivity index (χ0n) is 16.0. The van der Waals surface area contributed by atoms with Crippen LogP contribution in [0.3, 0.4) is 0 Å². The van der Waals surface area contributed by atoms with Crippen molar-refractivity contribution in [1.29, 1.82) is 5.26 Å². The maximum absolute atomic E-state index is 13.6. The highest BCUT2D eigenvalue weighted by atomic mass is 19.4. The fraction of sp³-hybridized carbons (Fsp3) is 0.304. The third-order valence-corrected chi connectivity index (χ3v) is 5.61. The average molecular weight is 412 g/mol. The van der Waals surface area contributed by atoms with Gasteiger partial charge in [0.1, 0.15) is 6.61 Å². The van der Waals surface area contributed by atoms with Crippen LogP contribution in [0, 0.1) is 11.3 Å². The van der Waals surface area contributed by atoms with E-state index in [1.54, 1.807) is 17.0 Å². The van der Waals surface area contributed by atoms with Crippen molar-refractivity contribution in [2.45, 2.75) is 44.1 Å². The second kappa shape index (κ2) is 7.86. The lowest BCUT2D eigenvalue weighted by Crippen LogP contribution is -2.43. The summed E-state index contributed by atoms with van der Waals surface area (Å²) in [6.07, 6.45) is -1.55. The molecule has 2 aliphatic rings. The Hall–Kier alpha value is -3.27. The summed E-state index contributed by atoms with van der Waals surface area (Å²) in [7, 11) is 0. The zero-order valence-corrected chi connectivity index (χ0v) is 16.0. The number of fused-ring (bicyclic) bond motifs is 2. The van der Waals surface area contributed by atoms with Crippen LogP contribution in [0.4, 0.5) is 18.0 Å². The molecule has 0 spiro atoms. The van der Waals surface area contributed by atoms with E-state index in [2.05, 4.69) is 0 Å². The minimum Gasteiger partial charge on any atom is -0.445 e. The van der Waals surface area contributed by atoms with E-state index in [4.69, 9.17) is 10.00 Å². The van der Waals surface area contributed by atoms with Crippen LogP contribution in [-0.2, 0) is 17.5 Å². The van der Waals surface area contributed by atoms with Crippen LogP contribution in [0.15, 0.2) is 54.6 Å². The monoisotopic (exact) mass is 412 g/mol. The molecule has 4 rings (SSSR count). The van der Waals surface area contributed by atoms with Crippen LogP contribution in [0.25, 0.3) is 5.57 Å². The Morgan fingerprint density at radius 1 is 1.17 bits per heavy atom. The summed E-state index contributed by atoms with van der Waals surface area (Å²) in [6, 6.07) is 14.2. The lowest BCUT2D eigenvalue weighted by molar-refractivity contribution is -0.137. The van der Waals surface area contributed by atoms with Gasteiger partial charge in [0.2, 0.25) is 0 Å². The number of hydrogen-bond donors (Lipinski definition) is 0. The van der Waals surface area contributed by atoms with Crippen LogP contribution < -0.4 is 0 Å². The Morgan fingerprint density at radius 3 is 2.60 bits per heavy atom. The number of benzene rings is 2. The molecule has 0 radical (unpaired) electrons. The summed E-state index contributed by atoms with van der Waals surface area (Å²) in [4.78, 5) is 14.3. The number of rotatable bonds is 3. The molecule has 0 saturated carbocycles. The third kappa shape index (κ3) is 3.90. The molecule has 7 heteroatoms. The van der Waals surface area contributed by atoms with Crippen molar-refractivity contribution in [3.63, 3.8) is 0 Å². The summed E-state index contributed by atoms with van der Waals surface area (Å²) in [5.74, 6) is 0. The van der Waals surface area contributed by atoms with Crippen molar-refractivity contribution in [3.05, 3.63) is 76.9 Å². The number of halogens is 3. The van der Waals surface area contributed by atoms with E-state index in [1.165, 1.54) is 12.1 Å². The zero-order chi connectivity index (χ0) is 21.3. The topological polar surface area (TPSA) is 53.3 Å². The van der Waals surface area contributed by atoms with Crippen molar-refractivity contribution < 1.29 is 22.7 Å². The molecule has 2 atom stereocenters. The van der Waals surface area contributed by atoms with E-state index in [-0.39, 0.29) is 29.8 Å². The van der Waals surface area contributed by atoms with Crippen molar-refractivity contribution in [3.8, 4) is 6.07 Å². The molecule has 2 unspecified atom stereocenters. The molecule has 4 nitrogen and oxygen atoms in total. The first-order valence-electron chi connectivity index (χ1n) is 9.68. The van der Waals surface area contributed by atoms with Crippen LogP contribution in [-0.4, -0.2) is 23.1 Å². The molecular weight excluding hydrogens is 393 g/mol. The van der Waals surface area contributed by atoms with Gasteiger partial charge in [0, 0.05) is 6.04 Å². The molecule has 1 amide bonds. The van der Waals surface area contributed by atoms with E-state index in [0.717, 1.165) is 11.6 Å². The van der Waals surface area contributed by atoms with E-state index in [1.807, 2.05) is 30.3 Å². The predicted octanol–water partition coefficient (Wildman–Crippen LogP) is 5.53. The number of alkyl halides is 3. The summed E-state index contributed by atoms with van der Waals surface area (Å²) in [6.45, 7) is 0.153. The fourth-order valence-corrected chi connectivity index (χ4v) is 4.24.